The molecule has 0 aliphatic heterocycles. The van der Waals surface area contributed by atoms with Gasteiger partial charge in [0.15, 0.2) is 9.84 Å². The zero-order valence-corrected chi connectivity index (χ0v) is 9.44. The van der Waals surface area contributed by atoms with Crippen LogP contribution in [0.15, 0.2) is 12.1 Å². The summed E-state index contributed by atoms with van der Waals surface area (Å²) in [6.45, 7) is 0. The highest BCUT2D eigenvalue weighted by Crippen LogP contribution is 2.06. The summed E-state index contributed by atoms with van der Waals surface area (Å²) in [5, 5.41) is 15.5. The summed E-state index contributed by atoms with van der Waals surface area (Å²) in [4.78, 5) is 0. The highest BCUT2D eigenvalue weighted by atomic mass is 32.2. The third-order valence-corrected chi connectivity index (χ3v) is 3.50. The van der Waals surface area contributed by atoms with E-state index in [2.05, 4.69) is 10.2 Å². The number of sulfone groups is 1. The lowest BCUT2D eigenvalue weighted by Crippen LogP contribution is -2.11. The Morgan fingerprint density at radius 2 is 2.12 bits per heavy atom. The van der Waals surface area contributed by atoms with Crippen LogP contribution in [0.5, 0.6) is 0 Å². The molecule has 0 spiro atoms. The molecule has 1 aromatic heterocycles. The van der Waals surface area contributed by atoms with Crippen LogP contribution in [0.4, 0.5) is 5.82 Å². The molecule has 0 aliphatic carbocycles. The Kier molecular flexibility index (Phi) is 4.19. The molecule has 6 nitrogen and oxygen atoms in total. The molecule has 7 heteroatoms. The Balaban J connectivity index is 2.59. The number of anilines is 1. The van der Waals surface area contributed by atoms with Gasteiger partial charge in [0, 0.05) is 6.42 Å². The number of rotatable bonds is 5. The molecule has 0 unspecified atom stereocenters. The fourth-order valence-electron chi connectivity index (χ4n) is 1.12. The normalized spacial score (nSPS) is 10.9. The van der Waals surface area contributed by atoms with Crippen LogP contribution in [0, 0.1) is 11.3 Å². The predicted octanol–water partition coefficient (Wildman–Crippen LogP) is 0.277. The van der Waals surface area contributed by atoms with Crippen molar-refractivity contribution in [2.45, 2.75) is 18.6 Å². The fourth-order valence-corrected chi connectivity index (χ4v) is 2.45. The van der Waals surface area contributed by atoms with Crippen molar-refractivity contribution in [3.05, 3.63) is 17.8 Å². The predicted molar refractivity (Wildman–Crippen MR) is 58.8 cm³/mol. The Labute approximate surface area is 94.0 Å². The second-order valence-corrected chi connectivity index (χ2v) is 5.49. The number of nitriles is 1. The van der Waals surface area contributed by atoms with E-state index in [1.807, 2.05) is 6.07 Å². The van der Waals surface area contributed by atoms with Crippen LogP contribution in [-0.2, 0) is 15.6 Å². The molecular weight excluding hydrogens is 228 g/mol. The van der Waals surface area contributed by atoms with Crippen molar-refractivity contribution < 1.29 is 8.42 Å². The number of unbranched alkanes of at least 4 members (excludes halogenated alkanes) is 1. The van der Waals surface area contributed by atoms with E-state index in [1.54, 1.807) is 0 Å². The molecule has 0 bridgehead atoms. The zero-order chi connectivity index (χ0) is 12.0. The van der Waals surface area contributed by atoms with Gasteiger partial charge in [-0.15, -0.1) is 5.10 Å². The van der Waals surface area contributed by atoms with Gasteiger partial charge in [0.25, 0.3) is 0 Å². The molecule has 0 amide bonds. The van der Waals surface area contributed by atoms with Crippen LogP contribution in [0.1, 0.15) is 18.5 Å². The summed E-state index contributed by atoms with van der Waals surface area (Å²) in [7, 11) is -3.21. The first-order chi connectivity index (χ1) is 7.53. The minimum absolute atomic E-state index is 0.00732. The van der Waals surface area contributed by atoms with Crippen molar-refractivity contribution in [3.8, 4) is 6.07 Å². The summed E-state index contributed by atoms with van der Waals surface area (Å²) >= 11 is 0. The monoisotopic (exact) mass is 240 g/mol. The second-order valence-electron chi connectivity index (χ2n) is 3.30. The first-order valence-electron chi connectivity index (χ1n) is 4.69. The minimum atomic E-state index is -3.21. The largest absolute Gasteiger partial charge is 0.382 e. The fraction of sp³-hybridized carbons (Fsp3) is 0.444. The summed E-state index contributed by atoms with van der Waals surface area (Å²) in [5.74, 6) is 0.0869. The van der Waals surface area contributed by atoms with E-state index in [1.165, 1.54) is 12.1 Å². The van der Waals surface area contributed by atoms with Gasteiger partial charge in [-0.1, -0.05) is 0 Å². The van der Waals surface area contributed by atoms with Crippen LogP contribution in [0.2, 0.25) is 0 Å². The molecule has 0 aliphatic rings. The SMILES string of the molecule is N#CCCCS(=O)(=O)Cc1ccc(N)nn1. The highest BCUT2D eigenvalue weighted by molar-refractivity contribution is 7.90. The molecule has 0 saturated heterocycles. The van der Waals surface area contributed by atoms with Gasteiger partial charge in [-0.25, -0.2) is 8.42 Å². The topological polar surface area (TPSA) is 110 Å². The second kappa shape index (κ2) is 5.42. The molecule has 0 saturated carbocycles. The number of nitrogen functional groups attached to an aromatic ring is 1. The van der Waals surface area contributed by atoms with Gasteiger partial charge in [-0.05, 0) is 18.6 Å². The minimum Gasteiger partial charge on any atom is -0.382 e. The Morgan fingerprint density at radius 3 is 2.69 bits per heavy atom. The first-order valence-corrected chi connectivity index (χ1v) is 6.51. The maximum Gasteiger partial charge on any atom is 0.156 e. The molecule has 16 heavy (non-hydrogen) atoms. The smallest absolute Gasteiger partial charge is 0.156 e. The van der Waals surface area contributed by atoms with Crippen LogP contribution in [-0.4, -0.2) is 24.4 Å². The molecule has 1 rings (SSSR count). The Bertz CT molecular complexity index is 475. The van der Waals surface area contributed by atoms with Crippen molar-refractivity contribution in [1.82, 2.24) is 10.2 Å². The number of nitrogens with zero attached hydrogens (tertiary/aromatic N) is 3. The number of hydrogen-bond donors (Lipinski definition) is 1. The van der Waals surface area contributed by atoms with Gasteiger partial charge in [-0.2, -0.15) is 10.4 Å². The van der Waals surface area contributed by atoms with E-state index >= 15 is 0 Å². The van der Waals surface area contributed by atoms with Gasteiger partial charge in [-0.3, -0.25) is 0 Å². The van der Waals surface area contributed by atoms with Gasteiger partial charge in [0.05, 0.1) is 23.3 Å². The first kappa shape index (κ1) is 12.4. The lowest BCUT2D eigenvalue weighted by atomic mass is 10.4. The van der Waals surface area contributed by atoms with Crippen LogP contribution >= 0.6 is 0 Å². The zero-order valence-electron chi connectivity index (χ0n) is 8.63. The molecule has 2 N–H and O–H groups in total. The molecule has 1 heterocycles. The van der Waals surface area contributed by atoms with E-state index in [0.29, 0.717) is 12.1 Å². The maximum absolute atomic E-state index is 11.6. The summed E-state index contributed by atoms with van der Waals surface area (Å²) in [5.41, 5.74) is 5.70. The molecule has 0 atom stereocenters. The van der Waals surface area contributed by atoms with Crippen LogP contribution in [0.3, 0.4) is 0 Å². The lowest BCUT2D eigenvalue weighted by molar-refractivity contribution is 0.592. The van der Waals surface area contributed by atoms with E-state index in [-0.39, 0.29) is 23.7 Å². The molecule has 0 fully saturated rings. The Hall–Kier alpha value is -1.68. The Morgan fingerprint density at radius 1 is 1.38 bits per heavy atom. The number of hydrogen-bond acceptors (Lipinski definition) is 6. The average Bonchev–Trinajstić information content (AvgIpc) is 2.21. The number of nitrogens with two attached hydrogens (primary N) is 1. The molecule has 0 aromatic carbocycles. The van der Waals surface area contributed by atoms with Crippen LogP contribution < -0.4 is 5.73 Å². The van der Waals surface area contributed by atoms with Gasteiger partial charge in [0.1, 0.15) is 5.82 Å². The lowest BCUT2D eigenvalue weighted by Gasteiger charge is -2.01. The van der Waals surface area contributed by atoms with Crippen molar-refractivity contribution in [2.75, 3.05) is 11.5 Å². The van der Waals surface area contributed by atoms with E-state index in [0.717, 1.165) is 0 Å². The van der Waals surface area contributed by atoms with E-state index in [4.69, 9.17) is 11.0 Å². The highest BCUT2D eigenvalue weighted by Gasteiger charge is 2.12. The average molecular weight is 240 g/mol. The summed E-state index contributed by atoms with van der Waals surface area (Å²) < 4.78 is 23.1. The van der Waals surface area contributed by atoms with Crippen LogP contribution in [0.25, 0.3) is 0 Å². The van der Waals surface area contributed by atoms with Crippen molar-refractivity contribution in [3.63, 3.8) is 0 Å². The molecule has 86 valence electrons. The van der Waals surface area contributed by atoms with Crippen molar-refractivity contribution >= 4 is 15.7 Å². The third-order valence-electron chi connectivity index (χ3n) is 1.85. The summed E-state index contributed by atoms with van der Waals surface area (Å²) in [6, 6.07) is 4.94. The molecular formula is C9H12N4O2S. The van der Waals surface area contributed by atoms with Gasteiger partial charge >= 0.3 is 0 Å². The van der Waals surface area contributed by atoms with Gasteiger partial charge < -0.3 is 5.73 Å². The molecule has 1 aromatic rings. The van der Waals surface area contributed by atoms with E-state index < -0.39 is 9.84 Å². The molecule has 0 radical (unpaired) electrons. The maximum atomic E-state index is 11.6. The van der Waals surface area contributed by atoms with Crippen molar-refractivity contribution in [1.29, 1.82) is 5.26 Å². The van der Waals surface area contributed by atoms with E-state index in [9.17, 15) is 8.42 Å². The standard InChI is InChI=1S/C9H12N4O2S/c10-5-1-2-6-16(14,15)7-8-3-4-9(11)13-12-8/h3-4H,1-2,6-7H2,(H2,11,13). The number of aromatic nitrogens is 2. The quantitative estimate of drug-likeness (QED) is 0.740. The van der Waals surface area contributed by atoms with Crippen molar-refractivity contribution in [2.24, 2.45) is 0 Å². The third kappa shape index (κ3) is 4.23. The summed E-state index contributed by atoms with van der Waals surface area (Å²) in [6.07, 6.45) is 0.591. The van der Waals surface area contributed by atoms with Gasteiger partial charge in [0.2, 0.25) is 0 Å².